The number of phenols is 1. The molecule has 0 spiro atoms. The van der Waals surface area contributed by atoms with E-state index in [2.05, 4.69) is 48.9 Å². The Hall–Kier alpha value is -3.06. The zero-order valence-corrected chi connectivity index (χ0v) is 26.9. The summed E-state index contributed by atoms with van der Waals surface area (Å²) in [5.74, 6) is 1.28. The Kier molecular flexibility index (Phi) is 13.6. The SMILES string of the molecule is CC/C=C(/c1cccc(CCC)c1O)C(F)(F)F.CCC(C(=O)C1CCC1)n1ccc2c(C3CC3)cccc21.CCCCN. The van der Waals surface area contributed by atoms with E-state index in [0.29, 0.717) is 23.7 Å². The van der Waals surface area contributed by atoms with Gasteiger partial charge in [-0.3, -0.25) is 4.79 Å². The van der Waals surface area contributed by atoms with Crippen LogP contribution in [0.4, 0.5) is 13.2 Å². The Morgan fingerprint density at radius 2 is 1.73 bits per heavy atom. The smallest absolute Gasteiger partial charge is 0.416 e. The molecule has 1 atom stereocenters. The second kappa shape index (κ2) is 16.9. The number of halogens is 3. The number of aryl methyl sites for hydroxylation is 1. The number of phenolic OH excluding ortho intramolecular Hbond substituents is 1. The van der Waals surface area contributed by atoms with Crippen molar-refractivity contribution in [2.45, 2.75) is 116 Å². The largest absolute Gasteiger partial charge is 0.507 e. The number of unbranched alkanes of at least 4 members (excludes halogenated alkanes) is 1. The number of allylic oxidation sites excluding steroid dienone is 2. The van der Waals surface area contributed by atoms with Gasteiger partial charge in [0.15, 0.2) is 5.78 Å². The Balaban J connectivity index is 0.000000211. The molecule has 0 amide bonds. The number of fused-ring (bicyclic) bond motifs is 1. The molecule has 7 heteroatoms. The third-order valence-electron chi connectivity index (χ3n) is 8.57. The first-order chi connectivity index (χ1) is 21.1. The van der Waals surface area contributed by atoms with E-state index in [0.717, 1.165) is 44.2 Å². The van der Waals surface area contributed by atoms with Crippen LogP contribution in [-0.2, 0) is 11.2 Å². The van der Waals surface area contributed by atoms with E-state index in [9.17, 15) is 23.1 Å². The van der Waals surface area contributed by atoms with Crippen LogP contribution in [0.15, 0.2) is 54.7 Å². The fourth-order valence-corrected chi connectivity index (χ4v) is 5.80. The molecule has 0 bridgehead atoms. The molecule has 2 aromatic carbocycles. The molecule has 0 saturated heterocycles. The summed E-state index contributed by atoms with van der Waals surface area (Å²) in [6.07, 6.45) is 9.76. The van der Waals surface area contributed by atoms with Gasteiger partial charge in [-0.1, -0.05) is 83.4 Å². The van der Waals surface area contributed by atoms with Crippen LogP contribution < -0.4 is 5.73 Å². The summed E-state index contributed by atoms with van der Waals surface area (Å²) in [7, 11) is 0. The van der Waals surface area contributed by atoms with Gasteiger partial charge in [0.1, 0.15) is 5.75 Å². The first-order valence-corrected chi connectivity index (χ1v) is 16.5. The summed E-state index contributed by atoms with van der Waals surface area (Å²) >= 11 is 0. The van der Waals surface area contributed by atoms with Gasteiger partial charge in [0.05, 0.1) is 11.6 Å². The van der Waals surface area contributed by atoms with E-state index in [1.54, 1.807) is 19.1 Å². The number of aromatic nitrogens is 1. The highest BCUT2D eigenvalue weighted by molar-refractivity contribution is 5.90. The molecular formula is C37H51F3N2O2. The lowest BCUT2D eigenvalue weighted by molar-refractivity contribution is -0.128. The Morgan fingerprint density at radius 3 is 2.23 bits per heavy atom. The Bertz CT molecular complexity index is 1360. The second-order valence-electron chi connectivity index (χ2n) is 12.0. The third-order valence-corrected chi connectivity index (χ3v) is 8.57. The molecule has 3 N–H and O–H groups in total. The third kappa shape index (κ3) is 8.99. The summed E-state index contributed by atoms with van der Waals surface area (Å²) in [6.45, 7) is 8.67. The molecule has 2 fully saturated rings. The van der Waals surface area contributed by atoms with Crippen molar-refractivity contribution in [2.24, 2.45) is 11.7 Å². The topological polar surface area (TPSA) is 68.2 Å². The molecular weight excluding hydrogens is 561 g/mol. The summed E-state index contributed by atoms with van der Waals surface area (Å²) in [5, 5.41) is 11.3. The number of carbonyl (C=O) groups is 1. The number of hydrogen-bond donors (Lipinski definition) is 2. The first-order valence-electron chi connectivity index (χ1n) is 16.5. The zero-order chi connectivity index (χ0) is 32.3. The van der Waals surface area contributed by atoms with E-state index in [1.165, 1.54) is 54.6 Å². The van der Waals surface area contributed by atoms with Crippen LogP contribution in [0.3, 0.4) is 0 Å². The number of Topliss-reactive ketones (excluding diaryl/α,β-unsaturated/α-hetero) is 1. The fourth-order valence-electron chi connectivity index (χ4n) is 5.80. The highest BCUT2D eigenvalue weighted by atomic mass is 19.4. The van der Waals surface area contributed by atoms with Crippen LogP contribution >= 0.6 is 0 Å². The minimum atomic E-state index is -4.45. The molecule has 3 aromatic rings. The molecule has 5 rings (SSSR count). The number of para-hydroxylation sites is 1. The average Bonchev–Trinajstić information content (AvgIpc) is 3.73. The van der Waals surface area contributed by atoms with E-state index >= 15 is 0 Å². The van der Waals surface area contributed by atoms with Gasteiger partial charge in [-0.2, -0.15) is 13.2 Å². The normalized spacial score (nSPS) is 16.0. The maximum Gasteiger partial charge on any atom is 0.416 e. The summed E-state index contributed by atoms with van der Waals surface area (Å²) in [5.41, 5.74) is 7.54. The van der Waals surface area contributed by atoms with Gasteiger partial charge < -0.3 is 15.4 Å². The number of benzene rings is 2. The molecule has 0 radical (unpaired) electrons. The van der Waals surface area contributed by atoms with Gasteiger partial charge >= 0.3 is 6.18 Å². The first kappa shape index (κ1) is 35.4. The van der Waals surface area contributed by atoms with Crippen molar-refractivity contribution in [3.05, 3.63) is 71.4 Å². The average molecular weight is 613 g/mol. The lowest BCUT2D eigenvalue weighted by atomic mass is 9.79. The van der Waals surface area contributed by atoms with Crippen molar-refractivity contribution in [1.82, 2.24) is 4.57 Å². The number of carbonyl (C=O) groups excluding carboxylic acids is 1. The number of aromatic hydroxyl groups is 1. The van der Waals surface area contributed by atoms with Crippen LogP contribution in [-0.4, -0.2) is 28.2 Å². The molecule has 1 aromatic heterocycles. The fraction of sp³-hybridized carbons (Fsp3) is 0.541. The van der Waals surface area contributed by atoms with Gasteiger partial charge in [0.2, 0.25) is 0 Å². The van der Waals surface area contributed by atoms with Crippen LogP contribution in [0.2, 0.25) is 0 Å². The zero-order valence-electron chi connectivity index (χ0n) is 26.9. The van der Waals surface area contributed by atoms with Crippen LogP contribution in [0.25, 0.3) is 16.5 Å². The number of rotatable bonds is 11. The molecule has 2 saturated carbocycles. The lowest BCUT2D eigenvalue weighted by Gasteiger charge is -2.29. The van der Waals surface area contributed by atoms with Crippen molar-refractivity contribution >= 4 is 22.3 Å². The van der Waals surface area contributed by atoms with Gasteiger partial charge in [-0.15, -0.1) is 0 Å². The summed E-state index contributed by atoms with van der Waals surface area (Å²) < 4.78 is 41.0. The standard InChI is InChI=1S/C19H23NO.C14H17F3O.C4H11N/c1-2-17(19(21)14-5-3-6-14)20-12-11-16-15(13-9-10-13)7-4-8-18(16)20;1-3-6-10-8-5-9-11(13(10)18)12(7-4-2)14(15,16)17;1-2-3-4-5/h4,7-8,11-14,17H,2-3,5-6,9-10H2,1H3;5,7-9,18H,3-4,6H2,1-2H3;2-5H2,1H3/b;12-7-;. The molecule has 2 aliphatic rings. The van der Waals surface area contributed by atoms with Crippen molar-refractivity contribution in [3.8, 4) is 5.75 Å². The maximum atomic E-state index is 12.9. The molecule has 4 nitrogen and oxygen atoms in total. The van der Waals surface area contributed by atoms with E-state index < -0.39 is 11.7 Å². The van der Waals surface area contributed by atoms with Crippen molar-refractivity contribution < 1.29 is 23.1 Å². The minimum absolute atomic E-state index is 0.0299. The van der Waals surface area contributed by atoms with Gasteiger partial charge in [0.25, 0.3) is 0 Å². The van der Waals surface area contributed by atoms with E-state index in [4.69, 9.17) is 5.73 Å². The monoisotopic (exact) mass is 612 g/mol. The number of hydrogen-bond acceptors (Lipinski definition) is 3. The Morgan fingerprint density at radius 1 is 1.02 bits per heavy atom. The predicted molar refractivity (Wildman–Crippen MR) is 176 cm³/mol. The number of alkyl halides is 3. The molecule has 1 unspecified atom stereocenters. The summed E-state index contributed by atoms with van der Waals surface area (Å²) in [4.78, 5) is 12.7. The predicted octanol–water partition coefficient (Wildman–Crippen LogP) is 10.3. The van der Waals surface area contributed by atoms with Crippen molar-refractivity contribution in [1.29, 1.82) is 0 Å². The minimum Gasteiger partial charge on any atom is -0.507 e. The van der Waals surface area contributed by atoms with Gasteiger partial charge in [0, 0.05) is 28.6 Å². The van der Waals surface area contributed by atoms with Crippen molar-refractivity contribution in [3.63, 3.8) is 0 Å². The highest BCUT2D eigenvalue weighted by Crippen LogP contribution is 2.44. The summed E-state index contributed by atoms with van der Waals surface area (Å²) in [6, 6.07) is 13.4. The molecule has 0 aliphatic heterocycles. The van der Waals surface area contributed by atoms with Crippen LogP contribution in [0, 0.1) is 5.92 Å². The van der Waals surface area contributed by atoms with Gasteiger partial charge in [-0.05, 0) is 87.1 Å². The molecule has 1 heterocycles. The number of nitrogens with zero attached hydrogens (tertiary/aromatic N) is 1. The lowest BCUT2D eigenvalue weighted by Crippen LogP contribution is -2.30. The molecule has 242 valence electrons. The van der Waals surface area contributed by atoms with E-state index in [1.807, 2.05) is 6.92 Å². The van der Waals surface area contributed by atoms with Gasteiger partial charge in [-0.25, -0.2) is 0 Å². The molecule has 44 heavy (non-hydrogen) atoms. The number of ketones is 1. The number of nitrogens with two attached hydrogens (primary N) is 1. The van der Waals surface area contributed by atoms with Crippen LogP contribution in [0.1, 0.15) is 121 Å². The van der Waals surface area contributed by atoms with E-state index in [-0.39, 0.29) is 23.8 Å². The Labute approximate surface area is 261 Å². The maximum absolute atomic E-state index is 12.9. The second-order valence-corrected chi connectivity index (χ2v) is 12.0. The molecule has 2 aliphatic carbocycles. The van der Waals surface area contributed by atoms with Crippen LogP contribution in [0.5, 0.6) is 5.75 Å². The van der Waals surface area contributed by atoms with Crippen molar-refractivity contribution in [2.75, 3.05) is 6.54 Å². The quantitative estimate of drug-likeness (QED) is 0.226. The highest BCUT2D eigenvalue weighted by Gasteiger charge is 2.36.